The number of hydrogen-bond acceptors (Lipinski definition) is 1. The van der Waals surface area contributed by atoms with Gasteiger partial charge in [0, 0.05) is 15.8 Å². The van der Waals surface area contributed by atoms with Gasteiger partial charge in [0.05, 0.1) is 6.42 Å². The minimum atomic E-state index is 0.0726. The highest BCUT2D eigenvalue weighted by Crippen LogP contribution is 2.22. The zero-order chi connectivity index (χ0) is 14.5. The zero-order valence-electron chi connectivity index (χ0n) is 11.7. The summed E-state index contributed by atoms with van der Waals surface area (Å²) in [5.74, 6) is 0.0863. The van der Waals surface area contributed by atoms with E-state index in [0.717, 1.165) is 21.8 Å². The maximum atomic E-state index is 12.1. The smallest absolute Gasteiger partial charge is 0.224 e. The van der Waals surface area contributed by atoms with E-state index in [-0.39, 0.29) is 17.4 Å². The highest BCUT2D eigenvalue weighted by molar-refractivity contribution is 9.10. The minimum Gasteiger partial charge on any atom is -0.353 e. The Labute approximate surface area is 132 Å². The van der Waals surface area contributed by atoms with Crippen molar-refractivity contribution in [1.82, 2.24) is 5.32 Å². The average Bonchev–Trinajstić information content (AvgIpc) is 2.30. The van der Waals surface area contributed by atoms with E-state index in [2.05, 4.69) is 57.9 Å². The molecule has 1 atom stereocenters. The van der Waals surface area contributed by atoms with Crippen LogP contribution < -0.4 is 5.32 Å². The van der Waals surface area contributed by atoms with Crippen molar-refractivity contribution in [3.8, 4) is 0 Å². The van der Waals surface area contributed by atoms with Crippen LogP contribution in [0.4, 0.5) is 0 Å². The second-order valence-electron chi connectivity index (χ2n) is 5.77. The maximum absolute atomic E-state index is 12.1. The van der Waals surface area contributed by atoms with Crippen LogP contribution in [0.1, 0.15) is 32.8 Å². The van der Waals surface area contributed by atoms with E-state index in [9.17, 15) is 4.79 Å². The largest absolute Gasteiger partial charge is 0.353 e. The van der Waals surface area contributed by atoms with Crippen LogP contribution in [-0.2, 0) is 11.2 Å². The highest BCUT2D eigenvalue weighted by Gasteiger charge is 2.25. The predicted octanol–water partition coefficient (Wildman–Crippen LogP) is 4.31. The summed E-state index contributed by atoms with van der Waals surface area (Å²) in [6.07, 6.45) is 1.37. The molecular weight excluding hydrogens is 370 g/mol. The highest BCUT2D eigenvalue weighted by atomic mass is 79.9. The van der Waals surface area contributed by atoms with E-state index in [0.29, 0.717) is 6.42 Å². The molecule has 19 heavy (non-hydrogen) atoms. The number of nitrogens with one attached hydrogen (secondary N) is 1. The summed E-state index contributed by atoms with van der Waals surface area (Å²) in [7, 11) is 0. The van der Waals surface area contributed by atoms with Gasteiger partial charge in [0.15, 0.2) is 0 Å². The number of halogens is 2. The molecular formula is C15H21Br2NO. The second kappa shape index (κ2) is 7.44. The summed E-state index contributed by atoms with van der Waals surface area (Å²) in [6.45, 7) is 6.46. The van der Waals surface area contributed by atoms with Crippen LogP contribution in [0, 0.1) is 5.41 Å². The molecule has 1 N–H and O–H groups in total. The van der Waals surface area contributed by atoms with Gasteiger partial charge in [-0.05, 0) is 29.5 Å². The van der Waals surface area contributed by atoms with Gasteiger partial charge < -0.3 is 5.32 Å². The number of amides is 1. The van der Waals surface area contributed by atoms with Gasteiger partial charge in [-0.3, -0.25) is 4.79 Å². The van der Waals surface area contributed by atoms with Crippen molar-refractivity contribution in [1.29, 1.82) is 0 Å². The Morgan fingerprint density at radius 1 is 1.26 bits per heavy atom. The van der Waals surface area contributed by atoms with Crippen molar-refractivity contribution in [3.05, 3.63) is 34.3 Å². The summed E-state index contributed by atoms with van der Waals surface area (Å²) in [5.41, 5.74) is 1.11. The van der Waals surface area contributed by atoms with Gasteiger partial charge in [0.1, 0.15) is 0 Å². The van der Waals surface area contributed by atoms with Crippen LogP contribution in [0.3, 0.4) is 0 Å². The lowest BCUT2D eigenvalue weighted by atomic mass is 9.85. The van der Waals surface area contributed by atoms with Crippen molar-refractivity contribution in [2.45, 2.75) is 39.7 Å². The van der Waals surface area contributed by atoms with E-state index in [1.54, 1.807) is 0 Å². The molecule has 0 fully saturated rings. The van der Waals surface area contributed by atoms with Crippen LogP contribution in [0.5, 0.6) is 0 Å². The van der Waals surface area contributed by atoms with Crippen LogP contribution >= 0.6 is 31.9 Å². The molecule has 0 aliphatic carbocycles. The molecule has 1 aromatic carbocycles. The molecule has 4 heteroatoms. The quantitative estimate of drug-likeness (QED) is 0.745. The lowest BCUT2D eigenvalue weighted by Gasteiger charge is -2.31. The van der Waals surface area contributed by atoms with Gasteiger partial charge >= 0.3 is 0 Å². The van der Waals surface area contributed by atoms with Gasteiger partial charge in [0.2, 0.25) is 5.91 Å². The fourth-order valence-corrected chi connectivity index (χ4v) is 2.59. The third-order valence-corrected chi connectivity index (χ3v) is 4.04. The van der Waals surface area contributed by atoms with Gasteiger partial charge in [-0.2, -0.15) is 0 Å². The average molecular weight is 391 g/mol. The summed E-state index contributed by atoms with van der Waals surface area (Å²) >= 11 is 6.84. The molecule has 0 heterocycles. The van der Waals surface area contributed by atoms with E-state index in [4.69, 9.17) is 0 Å². The van der Waals surface area contributed by atoms with E-state index >= 15 is 0 Å². The van der Waals surface area contributed by atoms with Crippen LogP contribution in [-0.4, -0.2) is 17.3 Å². The number of alkyl halides is 1. The lowest BCUT2D eigenvalue weighted by molar-refractivity contribution is -0.121. The van der Waals surface area contributed by atoms with Gasteiger partial charge in [-0.15, -0.1) is 0 Å². The predicted molar refractivity (Wildman–Crippen MR) is 87.6 cm³/mol. The summed E-state index contributed by atoms with van der Waals surface area (Å²) in [5, 5.41) is 4.04. The third-order valence-electron chi connectivity index (χ3n) is 3.06. The lowest BCUT2D eigenvalue weighted by Crippen LogP contribution is -2.44. The molecule has 0 saturated carbocycles. The van der Waals surface area contributed by atoms with E-state index in [1.165, 1.54) is 0 Å². The van der Waals surface area contributed by atoms with Crippen molar-refractivity contribution in [2.24, 2.45) is 5.41 Å². The molecule has 0 radical (unpaired) electrons. The molecule has 0 bridgehead atoms. The van der Waals surface area contributed by atoms with Crippen molar-refractivity contribution in [3.63, 3.8) is 0 Å². The molecule has 1 rings (SSSR count). The molecule has 2 nitrogen and oxygen atoms in total. The van der Waals surface area contributed by atoms with Crippen LogP contribution in [0.15, 0.2) is 28.7 Å². The Hall–Kier alpha value is -0.350. The molecule has 1 aromatic rings. The number of carbonyl (C=O) groups is 1. The number of rotatable bonds is 5. The number of benzene rings is 1. The first-order valence-corrected chi connectivity index (χ1v) is 8.34. The molecule has 106 valence electrons. The molecule has 0 aliphatic heterocycles. The standard InChI is InChI=1S/C15H21Br2NO/c1-15(2,3)13(8-9-16)18-14(19)10-11-4-6-12(17)7-5-11/h4-7,13H,8-10H2,1-3H3,(H,18,19). The SMILES string of the molecule is CC(C)(C)C(CCBr)NC(=O)Cc1ccc(Br)cc1. The molecule has 0 aliphatic rings. The Morgan fingerprint density at radius 3 is 2.32 bits per heavy atom. The van der Waals surface area contributed by atoms with Gasteiger partial charge in [-0.1, -0.05) is 64.8 Å². The summed E-state index contributed by atoms with van der Waals surface area (Å²) < 4.78 is 1.03. The topological polar surface area (TPSA) is 29.1 Å². The van der Waals surface area contributed by atoms with E-state index in [1.807, 2.05) is 24.3 Å². The first kappa shape index (κ1) is 16.7. The molecule has 0 spiro atoms. The summed E-state index contributed by atoms with van der Waals surface area (Å²) in [6, 6.07) is 8.06. The number of carbonyl (C=O) groups excluding carboxylic acids is 1. The van der Waals surface area contributed by atoms with Crippen molar-refractivity contribution in [2.75, 3.05) is 5.33 Å². The summed E-state index contributed by atoms with van der Waals surface area (Å²) in [4.78, 5) is 12.1. The maximum Gasteiger partial charge on any atom is 0.224 e. The Balaban J connectivity index is 2.60. The minimum absolute atomic E-state index is 0.0726. The first-order chi connectivity index (χ1) is 8.82. The monoisotopic (exact) mass is 389 g/mol. The Morgan fingerprint density at radius 2 is 1.84 bits per heavy atom. The van der Waals surface area contributed by atoms with Crippen molar-refractivity contribution >= 4 is 37.8 Å². The van der Waals surface area contributed by atoms with Gasteiger partial charge in [-0.25, -0.2) is 0 Å². The second-order valence-corrected chi connectivity index (χ2v) is 7.48. The molecule has 1 unspecified atom stereocenters. The molecule has 0 aromatic heterocycles. The fraction of sp³-hybridized carbons (Fsp3) is 0.533. The molecule has 0 saturated heterocycles. The normalized spacial score (nSPS) is 13.1. The van der Waals surface area contributed by atoms with Crippen LogP contribution in [0.25, 0.3) is 0 Å². The zero-order valence-corrected chi connectivity index (χ0v) is 14.8. The number of hydrogen-bond donors (Lipinski definition) is 1. The Kier molecular flexibility index (Phi) is 6.54. The third kappa shape index (κ3) is 6.09. The van der Waals surface area contributed by atoms with Crippen LogP contribution in [0.2, 0.25) is 0 Å². The van der Waals surface area contributed by atoms with Gasteiger partial charge in [0.25, 0.3) is 0 Å². The van der Waals surface area contributed by atoms with Crippen molar-refractivity contribution < 1.29 is 4.79 Å². The first-order valence-electron chi connectivity index (χ1n) is 6.42. The Bertz CT molecular complexity index is 409. The van der Waals surface area contributed by atoms with E-state index < -0.39 is 0 Å². The fourth-order valence-electron chi connectivity index (χ4n) is 1.86. The molecule has 1 amide bonds.